The third-order valence-corrected chi connectivity index (χ3v) is 2.14. The van der Waals surface area contributed by atoms with E-state index < -0.39 is 29.4 Å². The Morgan fingerprint density at radius 2 is 1.31 bits per heavy atom. The maximum Gasteiger partial charge on any atom is 0.321 e. The summed E-state index contributed by atoms with van der Waals surface area (Å²) in [5, 5.41) is 17.1. The highest BCUT2D eigenvalue weighted by atomic mass is 16.4. The van der Waals surface area contributed by atoms with Gasteiger partial charge < -0.3 is 21.7 Å². The fraction of sp³-hybridized carbons (Fsp3) is 0.714. The van der Waals surface area contributed by atoms with E-state index in [2.05, 4.69) is 0 Å². The van der Waals surface area contributed by atoms with Crippen LogP contribution in [0.1, 0.15) is 13.8 Å². The first-order valence-corrected chi connectivity index (χ1v) is 3.68. The first kappa shape index (κ1) is 11.9. The van der Waals surface area contributed by atoms with Crippen molar-refractivity contribution in [2.45, 2.75) is 25.9 Å². The van der Waals surface area contributed by atoms with Gasteiger partial charge in [-0.1, -0.05) is 13.8 Å². The molecule has 2 atom stereocenters. The monoisotopic (exact) mass is 190 g/mol. The lowest BCUT2D eigenvalue weighted by Gasteiger charge is -2.31. The Kier molecular flexibility index (Phi) is 3.39. The number of hydrogen-bond donors (Lipinski definition) is 4. The average molecular weight is 190 g/mol. The van der Waals surface area contributed by atoms with Crippen molar-refractivity contribution < 1.29 is 19.8 Å². The molecule has 0 aromatic carbocycles. The predicted octanol–water partition coefficient (Wildman–Crippen LogP) is -1.16. The average Bonchev–Trinajstić information content (AvgIpc) is 2.01. The van der Waals surface area contributed by atoms with Crippen molar-refractivity contribution in [3.63, 3.8) is 0 Å². The molecule has 0 radical (unpaired) electrons. The van der Waals surface area contributed by atoms with E-state index in [4.69, 9.17) is 21.7 Å². The molecule has 0 aliphatic carbocycles. The van der Waals surface area contributed by atoms with Crippen LogP contribution in [0, 0.1) is 5.41 Å². The molecule has 6 nitrogen and oxygen atoms in total. The van der Waals surface area contributed by atoms with E-state index in [0.29, 0.717) is 0 Å². The standard InChI is InChI=1S/C7H14N2O4/c1-7(2,3(8)5(10)11)4(9)6(12)13/h3-4H,8-9H2,1-2H3,(H,10,11)(H,12,13)/t3-,4-/m0/s1. The van der Waals surface area contributed by atoms with Crippen molar-refractivity contribution >= 4 is 11.9 Å². The molecule has 0 unspecified atom stereocenters. The molecule has 0 aliphatic heterocycles. The van der Waals surface area contributed by atoms with E-state index in [1.807, 2.05) is 0 Å². The predicted molar refractivity (Wildman–Crippen MR) is 45.0 cm³/mol. The highest BCUT2D eigenvalue weighted by Crippen LogP contribution is 2.23. The van der Waals surface area contributed by atoms with Crippen LogP contribution in [0.5, 0.6) is 0 Å². The number of hydrogen-bond acceptors (Lipinski definition) is 4. The quantitative estimate of drug-likeness (QED) is 0.442. The summed E-state index contributed by atoms with van der Waals surface area (Å²) in [5.41, 5.74) is 9.40. The fourth-order valence-corrected chi connectivity index (χ4v) is 0.830. The number of aliphatic carboxylic acids is 2. The Morgan fingerprint density at radius 3 is 1.46 bits per heavy atom. The second-order valence-corrected chi connectivity index (χ2v) is 3.45. The summed E-state index contributed by atoms with van der Waals surface area (Å²) in [6.07, 6.45) is 0. The molecule has 13 heavy (non-hydrogen) atoms. The Balaban J connectivity index is 4.74. The van der Waals surface area contributed by atoms with E-state index >= 15 is 0 Å². The molecule has 0 aromatic heterocycles. The topological polar surface area (TPSA) is 127 Å². The van der Waals surface area contributed by atoms with Gasteiger partial charge in [0.25, 0.3) is 0 Å². The number of carbonyl (C=O) groups is 2. The first-order chi connectivity index (χ1) is 5.71. The maximum atomic E-state index is 10.5. The SMILES string of the molecule is CC(C)([C@@H](N)C(=O)O)[C@@H](N)C(=O)O. The lowest BCUT2D eigenvalue weighted by Crippen LogP contribution is -2.56. The molecular formula is C7H14N2O4. The second kappa shape index (κ2) is 3.71. The third-order valence-electron chi connectivity index (χ3n) is 2.14. The van der Waals surface area contributed by atoms with Gasteiger partial charge in [0.2, 0.25) is 0 Å². The van der Waals surface area contributed by atoms with E-state index in [9.17, 15) is 9.59 Å². The van der Waals surface area contributed by atoms with Gasteiger partial charge in [0, 0.05) is 5.41 Å². The highest BCUT2D eigenvalue weighted by molar-refractivity contribution is 5.79. The van der Waals surface area contributed by atoms with Crippen LogP contribution in [0.3, 0.4) is 0 Å². The second-order valence-electron chi connectivity index (χ2n) is 3.45. The van der Waals surface area contributed by atoms with Gasteiger partial charge in [-0.3, -0.25) is 9.59 Å². The molecule has 0 fully saturated rings. The third kappa shape index (κ3) is 2.40. The van der Waals surface area contributed by atoms with Crippen LogP contribution in [0.4, 0.5) is 0 Å². The summed E-state index contributed by atoms with van der Waals surface area (Å²) in [4.78, 5) is 21.0. The molecule has 0 amide bonds. The van der Waals surface area contributed by atoms with Crippen molar-refractivity contribution in [3.05, 3.63) is 0 Å². The summed E-state index contributed by atoms with van der Waals surface area (Å²) >= 11 is 0. The molecule has 76 valence electrons. The first-order valence-electron chi connectivity index (χ1n) is 3.68. The highest BCUT2D eigenvalue weighted by Gasteiger charge is 2.41. The van der Waals surface area contributed by atoms with Crippen LogP contribution < -0.4 is 11.5 Å². The van der Waals surface area contributed by atoms with Crippen LogP contribution >= 0.6 is 0 Å². The van der Waals surface area contributed by atoms with Gasteiger partial charge in [0.05, 0.1) is 0 Å². The van der Waals surface area contributed by atoms with Gasteiger partial charge >= 0.3 is 11.9 Å². The Morgan fingerprint density at radius 1 is 1.08 bits per heavy atom. The maximum absolute atomic E-state index is 10.5. The fourth-order valence-electron chi connectivity index (χ4n) is 0.830. The molecule has 0 saturated carbocycles. The van der Waals surface area contributed by atoms with E-state index in [1.165, 1.54) is 13.8 Å². The molecule has 6 heteroatoms. The Bertz CT molecular complexity index is 205. The van der Waals surface area contributed by atoms with Gasteiger partial charge in [0.15, 0.2) is 0 Å². The summed E-state index contributed by atoms with van der Waals surface area (Å²) in [7, 11) is 0. The van der Waals surface area contributed by atoms with Gasteiger partial charge in [-0.2, -0.15) is 0 Å². The van der Waals surface area contributed by atoms with Crippen LogP contribution in [0.25, 0.3) is 0 Å². The minimum Gasteiger partial charge on any atom is -0.480 e. The van der Waals surface area contributed by atoms with Crippen LogP contribution in [-0.4, -0.2) is 34.2 Å². The summed E-state index contributed by atoms with van der Waals surface area (Å²) < 4.78 is 0. The summed E-state index contributed by atoms with van der Waals surface area (Å²) in [6.45, 7) is 2.81. The zero-order chi connectivity index (χ0) is 10.8. The lowest BCUT2D eigenvalue weighted by molar-refractivity contribution is -0.146. The Hall–Kier alpha value is -1.14. The molecule has 0 bridgehead atoms. The number of carboxylic acid groups (broad SMARTS) is 2. The zero-order valence-electron chi connectivity index (χ0n) is 7.52. The summed E-state index contributed by atoms with van der Waals surface area (Å²) in [5.74, 6) is -2.52. The molecular weight excluding hydrogens is 176 g/mol. The smallest absolute Gasteiger partial charge is 0.321 e. The van der Waals surface area contributed by atoms with Crippen molar-refractivity contribution in [1.82, 2.24) is 0 Å². The van der Waals surface area contributed by atoms with Gasteiger partial charge in [0.1, 0.15) is 12.1 Å². The Labute approximate surface area is 75.5 Å². The van der Waals surface area contributed by atoms with Gasteiger partial charge in [-0.15, -0.1) is 0 Å². The molecule has 0 aliphatic rings. The lowest BCUT2D eigenvalue weighted by atomic mass is 9.78. The van der Waals surface area contributed by atoms with E-state index in [0.717, 1.165) is 0 Å². The van der Waals surface area contributed by atoms with Crippen LogP contribution in [0.2, 0.25) is 0 Å². The number of nitrogens with two attached hydrogens (primary N) is 2. The molecule has 0 rings (SSSR count). The van der Waals surface area contributed by atoms with Gasteiger partial charge in [-0.05, 0) is 0 Å². The zero-order valence-corrected chi connectivity index (χ0v) is 7.52. The van der Waals surface area contributed by atoms with Crippen molar-refractivity contribution in [2.75, 3.05) is 0 Å². The van der Waals surface area contributed by atoms with Gasteiger partial charge in [-0.25, -0.2) is 0 Å². The number of rotatable bonds is 4. The van der Waals surface area contributed by atoms with Crippen LogP contribution in [-0.2, 0) is 9.59 Å². The molecule has 0 saturated heterocycles. The van der Waals surface area contributed by atoms with E-state index in [-0.39, 0.29) is 0 Å². The molecule has 6 N–H and O–H groups in total. The van der Waals surface area contributed by atoms with E-state index in [1.54, 1.807) is 0 Å². The summed E-state index contributed by atoms with van der Waals surface area (Å²) in [6, 6.07) is -2.59. The molecule has 0 spiro atoms. The molecule has 0 aromatic rings. The van der Waals surface area contributed by atoms with Crippen molar-refractivity contribution in [1.29, 1.82) is 0 Å². The van der Waals surface area contributed by atoms with Crippen LogP contribution in [0.15, 0.2) is 0 Å². The number of carboxylic acids is 2. The minimum absolute atomic E-state index is 1.18. The normalized spacial score (nSPS) is 16.3. The van der Waals surface area contributed by atoms with Crippen molar-refractivity contribution in [2.24, 2.45) is 16.9 Å². The minimum atomic E-state index is -1.29. The molecule has 0 heterocycles. The largest absolute Gasteiger partial charge is 0.480 e. The van der Waals surface area contributed by atoms with Crippen molar-refractivity contribution in [3.8, 4) is 0 Å².